The maximum atomic E-state index is 15.7. The predicted molar refractivity (Wildman–Crippen MR) is 130 cm³/mol. The van der Waals surface area contributed by atoms with E-state index in [-0.39, 0.29) is 45.5 Å². The molecule has 0 spiro atoms. The van der Waals surface area contributed by atoms with Crippen molar-refractivity contribution in [2.24, 2.45) is 10.5 Å². The SMILES string of the molecule is COc1c(-c2cc3c(s2)C(N=[N+]=[N-])C(C)(C)CC3)c(F)cc2c(=O)c(C(C)=O)cn(C3CC3)c12. The van der Waals surface area contributed by atoms with Crippen LogP contribution in [0.3, 0.4) is 0 Å². The molecule has 0 radical (unpaired) electrons. The molecular weight excluding hydrogens is 455 g/mol. The Morgan fingerprint density at radius 3 is 2.71 bits per heavy atom. The molecule has 0 saturated heterocycles. The van der Waals surface area contributed by atoms with Crippen LogP contribution in [0.2, 0.25) is 0 Å². The third kappa shape index (κ3) is 3.42. The predicted octanol–water partition coefficient (Wildman–Crippen LogP) is 6.74. The van der Waals surface area contributed by atoms with Crippen LogP contribution in [-0.2, 0) is 6.42 Å². The highest BCUT2D eigenvalue weighted by Crippen LogP contribution is 2.52. The fourth-order valence-electron chi connectivity index (χ4n) is 4.97. The molecule has 2 aliphatic carbocycles. The molecule has 2 aromatic heterocycles. The molecule has 1 saturated carbocycles. The number of hydrogen-bond donors (Lipinski definition) is 0. The monoisotopic (exact) mass is 480 g/mol. The fourth-order valence-corrected chi connectivity index (χ4v) is 6.47. The molecule has 9 heteroatoms. The third-order valence-electron chi connectivity index (χ3n) is 7.03. The quantitative estimate of drug-likeness (QED) is 0.175. The molecule has 0 N–H and O–H groups in total. The van der Waals surface area contributed by atoms with Gasteiger partial charge in [-0.05, 0) is 61.2 Å². The average molecular weight is 481 g/mol. The zero-order valence-electron chi connectivity index (χ0n) is 19.5. The smallest absolute Gasteiger partial charge is 0.200 e. The number of ketones is 1. The number of benzene rings is 1. The summed E-state index contributed by atoms with van der Waals surface area (Å²) in [7, 11) is 1.47. The van der Waals surface area contributed by atoms with Gasteiger partial charge in [0.25, 0.3) is 0 Å². The van der Waals surface area contributed by atoms with Crippen LogP contribution in [-0.4, -0.2) is 17.5 Å². The second-order valence-electron chi connectivity index (χ2n) is 9.83. The lowest BCUT2D eigenvalue weighted by Crippen LogP contribution is -2.25. The van der Waals surface area contributed by atoms with E-state index < -0.39 is 11.2 Å². The van der Waals surface area contributed by atoms with Crippen LogP contribution in [0.15, 0.2) is 28.2 Å². The van der Waals surface area contributed by atoms with Gasteiger partial charge in [0.15, 0.2) is 17.0 Å². The van der Waals surface area contributed by atoms with Crippen LogP contribution in [0.5, 0.6) is 5.75 Å². The third-order valence-corrected chi connectivity index (χ3v) is 8.28. The van der Waals surface area contributed by atoms with Crippen molar-refractivity contribution in [2.45, 2.75) is 58.5 Å². The number of Topliss-reactive ketones (excluding diaryl/α,β-unsaturated/α-hetero) is 1. The van der Waals surface area contributed by atoms with E-state index in [0.29, 0.717) is 10.4 Å². The van der Waals surface area contributed by atoms with Gasteiger partial charge < -0.3 is 9.30 Å². The zero-order chi connectivity index (χ0) is 24.4. The van der Waals surface area contributed by atoms with Crippen LogP contribution in [0.4, 0.5) is 4.39 Å². The molecule has 176 valence electrons. The molecule has 2 heterocycles. The summed E-state index contributed by atoms with van der Waals surface area (Å²) in [6, 6.07) is 2.98. The number of nitrogens with zero attached hydrogens (tertiary/aromatic N) is 4. The topological polar surface area (TPSA) is 97.1 Å². The Morgan fingerprint density at radius 2 is 2.09 bits per heavy atom. The van der Waals surface area contributed by atoms with Gasteiger partial charge in [0.1, 0.15) is 5.82 Å². The summed E-state index contributed by atoms with van der Waals surface area (Å²) >= 11 is 1.41. The highest BCUT2D eigenvalue weighted by atomic mass is 32.1. The Kier molecular flexibility index (Phi) is 5.30. The number of thiophene rings is 1. The van der Waals surface area contributed by atoms with Crippen molar-refractivity contribution in [1.82, 2.24) is 4.57 Å². The Hall–Kier alpha value is -3.16. The lowest BCUT2D eigenvalue weighted by molar-refractivity contribution is 0.101. The molecule has 2 aliphatic rings. The molecule has 0 amide bonds. The Bertz CT molecular complexity index is 1460. The number of carbonyl (C=O) groups excluding carboxylic acids is 1. The van der Waals surface area contributed by atoms with Crippen molar-refractivity contribution in [3.05, 3.63) is 60.8 Å². The number of ether oxygens (including phenoxy) is 1. The first kappa shape index (κ1) is 22.6. The molecule has 7 nitrogen and oxygen atoms in total. The standard InChI is InChI=1S/C25H25FN4O3S/c1-12(31)16-11-30(14-5-6-14)20-15(21(16)32)10-17(26)19(22(20)33-4)18-9-13-7-8-25(2,3)24(28-29-27)23(13)34-18/h9-11,14,24H,5-8H2,1-4H3. The van der Waals surface area contributed by atoms with Gasteiger partial charge in [-0.1, -0.05) is 19.0 Å². The molecule has 1 fully saturated rings. The lowest BCUT2D eigenvalue weighted by atomic mass is 9.74. The first-order valence-electron chi connectivity index (χ1n) is 11.3. The number of carbonyl (C=O) groups is 1. The number of hydrogen-bond acceptors (Lipinski definition) is 5. The minimum Gasteiger partial charge on any atom is -0.494 e. The van der Waals surface area contributed by atoms with Crippen molar-refractivity contribution in [3.63, 3.8) is 0 Å². The second-order valence-corrected chi connectivity index (χ2v) is 10.9. The van der Waals surface area contributed by atoms with Crippen LogP contribution in [0, 0.1) is 11.2 Å². The number of rotatable bonds is 5. The molecule has 0 aliphatic heterocycles. The largest absolute Gasteiger partial charge is 0.494 e. The van der Waals surface area contributed by atoms with Gasteiger partial charge in [-0.15, -0.1) is 11.3 Å². The summed E-state index contributed by atoms with van der Waals surface area (Å²) in [6.45, 7) is 5.50. The summed E-state index contributed by atoms with van der Waals surface area (Å²) in [6.07, 6.45) is 5.09. The van der Waals surface area contributed by atoms with Crippen molar-refractivity contribution < 1.29 is 13.9 Å². The van der Waals surface area contributed by atoms with E-state index in [9.17, 15) is 9.59 Å². The summed E-state index contributed by atoms with van der Waals surface area (Å²) < 4.78 is 23.3. The average Bonchev–Trinajstić information content (AvgIpc) is 3.54. The van der Waals surface area contributed by atoms with Crippen molar-refractivity contribution >= 4 is 28.0 Å². The second kappa shape index (κ2) is 7.96. The molecule has 1 aromatic carbocycles. The Balaban J connectivity index is 1.80. The van der Waals surface area contributed by atoms with E-state index in [1.54, 1.807) is 6.20 Å². The van der Waals surface area contributed by atoms with Gasteiger partial charge in [0.2, 0.25) is 0 Å². The van der Waals surface area contributed by atoms with Crippen LogP contribution >= 0.6 is 11.3 Å². The first-order chi connectivity index (χ1) is 16.2. The summed E-state index contributed by atoms with van der Waals surface area (Å²) in [5.74, 6) is -0.641. The minimum atomic E-state index is -0.581. The number of pyridine rings is 1. The molecule has 3 aromatic rings. The lowest BCUT2D eigenvalue weighted by Gasteiger charge is -2.35. The minimum absolute atomic E-state index is 0.0552. The number of halogens is 1. The maximum Gasteiger partial charge on any atom is 0.200 e. The number of fused-ring (bicyclic) bond motifs is 2. The molecule has 1 unspecified atom stereocenters. The molecule has 1 atom stereocenters. The molecule has 0 bridgehead atoms. The molecule has 34 heavy (non-hydrogen) atoms. The van der Waals surface area contributed by atoms with Crippen molar-refractivity contribution in [1.29, 1.82) is 0 Å². The van der Waals surface area contributed by atoms with Gasteiger partial charge >= 0.3 is 0 Å². The number of azide groups is 1. The van der Waals surface area contributed by atoms with Crippen LogP contribution < -0.4 is 10.2 Å². The maximum absolute atomic E-state index is 15.7. The van der Waals surface area contributed by atoms with E-state index in [4.69, 9.17) is 10.3 Å². The first-order valence-corrected chi connectivity index (χ1v) is 12.1. The normalized spacial score (nSPS) is 18.9. The van der Waals surface area contributed by atoms with E-state index in [1.165, 1.54) is 31.4 Å². The van der Waals surface area contributed by atoms with E-state index in [2.05, 4.69) is 23.9 Å². The number of methoxy groups -OCH3 is 1. The molecule has 5 rings (SSSR count). The van der Waals surface area contributed by atoms with Crippen LogP contribution in [0.1, 0.15) is 72.9 Å². The van der Waals surface area contributed by atoms with Gasteiger partial charge in [-0.2, -0.15) is 0 Å². The highest BCUT2D eigenvalue weighted by Gasteiger charge is 2.38. The van der Waals surface area contributed by atoms with E-state index in [0.717, 1.165) is 36.1 Å². The Labute approximate surface area is 199 Å². The van der Waals surface area contributed by atoms with Crippen LogP contribution in [0.25, 0.3) is 31.8 Å². The van der Waals surface area contributed by atoms with Crippen molar-refractivity contribution in [2.75, 3.05) is 7.11 Å². The number of aryl methyl sites for hydroxylation is 1. The Morgan fingerprint density at radius 1 is 1.35 bits per heavy atom. The zero-order valence-corrected chi connectivity index (χ0v) is 20.3. The molecular formula is C25H25FN4O3S. The number of aromatic nitrogens is 1. The van der Waals surface area contributed by atoms with E-state index >= 15 is 4.39 Å². The van der Waals surface area contributed by atoms with Gasteiger partial charge in [-0.3, -0.25) is 9.59 Å². The summed E-state index contributed by atoms with van der Waals surface area (Å²) in [5, 5.41) is 4.22. The van der Waals surface area contributed by atoms with Gasteiger partial charge in [-0.25, -0.2) is 4.39 Å². The van der Waals surface area contributed by atoms with Crippen molar-refractivity contribution in [3.8, 4) is 16.2 Å². The highest BCUT2D eigenvalue weighted by molar-refractivity contribution is 7.15. The summed E-state index contributed by atoms with van der Waals surface area (Å²) in [5.41, 5.74) is 10.4. The van der Waals surface area contributed by atoms with Gasteiger partial charge in [0, 0.05) is 26.9 Å². The van der Waals surface area contributed by atoms with Gasteiger partial charge in [0.05, 0.1) is 35.2 Å². The van der Waals surface area contributed by atoms with E-state index in [1.807, 2.05) is 10.6 Å². The fraction of sp³-hybridized carbons (Fsp3) is 0.440. The summed E-state index contributed by atoms with van der Waals surface area (Å²) in [4.78, 5) is 29.9.